The van der Waals surface area contributed by atoms with Crippen molar-refractivity contribution in [3.8, 4) is 0 Å². The van der Waals surface area contributed by atoms with Gasteiger partial charge >= 0.3 is 0 Å². The molecule has 0 amide bonds. The normalized spacial score (nSPS) is 27.9. The Morgan fingerprint density at radius 2 is 1.95 bits per heavy atom. The lowest BCUT2D eigenvalue weighted by atomic mass is 10.0. The number of aliphatic hydroxyl groups excluding tert-OH is 1. The molecule has 0 aromatic heterocycles. The third kappa shape index (κ3) is 2.34. The molecule has 110 valence electrons. The number of hydrogen-bond donors (Lipinski definition) is 1. The minimum Gasteiger partial charge on any atom is -0.392 e. The molecule has 0 spiro atoms. The lowest BCUT2D eigenvalue weighted by molar-refractivity contribution is 0.188. The van der Waals surface area contributed by atoms with E-state index in [1.807, 2.05) is 0 Å². The van der Waals surface area contributed by atoms with E-state index in [4.69, 9.17) is 0 Å². The number of β-amino-alcohol motifs (C(OH)–C–C–N with tert-alkyl or cyclic N) is 1. The van der Waals surface area contributed by atoms with Crippen molar-refractivity contribution in [2.75, 3.05) is 6.54 Å². The molecule has 1 saturated heterocycles. The molecule has 0 bridgehead atoms. The summed E-state index contributed by atoms with van der Waals surface area (Å²) in [6, 6.07) is 2.15. The molecule has 1 N–H and O–H groups in total. The molecular weight excluding hydrogens is 288 g/mol. The zero-order chi connectivity index (χ0) is 14.5. The van der Waals surface area contributed by atoms with Gasteiger partial charge in [0.15, 0.2) is 0 Å². The SMILES string of the molecule is O=S(=O)(C1CC1)N1CC(O)CC1c1cc(F)ccc1F. The number of halogens is 2. The molecule has 2 atom stereocenters. The first kappa shape index (κ1) is 13.9. The van der Waals surface area contributed by atoms with Crippen molar-refractivity contribution in [2.24, 2.45) is 0 Å². The number of benzene rings is 1. The second kappa shape index (κ2) is 4.75. The molecule has 1 aliphatic heterocycles. The topological polar surface area (TPSA) is 57.6 Å². The quantitative estimate of drug-likeness (QED) is 0.922. The van der Waals surface area contributed by atoms with Crippen molar-refractivity contribution in [3.63, 3.8) is 0 Å². The zero-order valence-corrected chi connectivity index (χ0v) is 11.5. The predicted octanol–water partition coefficient (Wildman–Crippen LogP) is 1.56. The smallest absolute Gasteiger partial charge is 0.217 e. The number of sulfonamides is 1. The maximum Gasteiger partial charge on any atom is 0.217 e. The van der Waals surface area contributed by atoms with Gasteiger partial charge in [-0.1, -0.05) is 0 Å². The van der Waals surface area contributed by atoms with E-state index in [0.717, 1.165) is 22.5 Å². The lowest BCUT2D eigenvalue weighted by Crippen LogP contribution is -2.34. The van der Waals surface area contributed by atoms with Gasteiger partial charge in [0.25, 0.3) is 0 Å². The summed E-state index contributed by atoms with van der Waals surface area (Å²) in [6.07, 6.45) is 0.420. The summed E-state index contributed by atoms with van der Waals surface area (Å²) in [5.74, 6) is -1.27. The highest BCUT2D eigenvalue weighted by atomic mass is 32.2. The van der Waals surface area contributed by atoms with Crippen LogP contribution in [0.3, 0.4) is 0 Å². The molecule has 4 nitrogen and oxygen atoms in total. The van der Waals surface area contributed by atoms with Crippen molar-refractivity contribution >= 4 is 10.0 Å². The first-order chi connectivity index (χ1) is 9.39. The van der Waals surface area contributed by atoms with Gasteiger partial charge in [-0.15, -0.1) is 0 Å². The largest absolute Gasteiger partial charge is 0.392 e. The maximum atomic E-state index is 13.9. The van der Waals surface area contributed by atoms with Crippen molar-refractivity contribution in [1.29, 1.82) is 0 Å². The molecule has 2 aliphatic rings. The second-order valence-electron chi connectivity index (χ2n) is 5.39. The van der Waals surface area contributed by atoms with Crippen LogP contribution in [0.4, 0.5) is 8.78 Å². The summed E-state index contributed by atoms with van der Waals surface area (Å²) in [4.78, 5) is 0. The molecule has 1 heterocycles. The van der Waals surface area contributed by atoms with E-state index in [9.17, 15) is 22.3 Å². The van der Waals surface area contributed by atoms with Crippen LogP contribution in [-0.2, 0) is 10.0 Å². The summed E-state index contributed by atoms with van der Waals surface area (Å²) in [5, 5.41) is 9.30. The Morgan fingerprint density at radius 1 is 1.25 bits per heavy atom. The number of nitrogens with zero attached hydrogens (tertiary/aromatic N) is 1. The Bertz CT molecular complexity index is 631. The zero-order valence-electron chi connectivity index (χ0n) is 10.7. The molecule has 1 aliphatic carbocycles. The van der Waals surface area contributed by atoms with Crippen molar-refractivity contribution < 1.29 is 22.3 Å². The summed E-state index contributed by atoms with van der Waals surface area (Å²) < 4.78 is 52.9. The predicted molar refractivity (Wildman–Crippen MR) is 68.4 cm³/mol. The van der Waals surface area contributed by atoms with Crippen LogP contribution in [-0.4, -0.2) is 35.7 Å². The van der Waals surface area contributed by atoms with Gasteiger partial charge in [0.2, 0.25) is 10.0 Å². The Kier molecular flexibility index (Phi) is 3.30. The number of rotatable bonds is 3. The van der Waals surface area contributed by atoms with Crippen LogP contribution in [0.2, 0.25) is 0 Å². The molecular formula is C13H15F2NO3S. The molecule has 2 unspecified atom stereocenters. The van der Waals surface area contributed by atoms with E-state index in [1.165, 1.54) is 0 Å². The molecule has 1 saturated carbocycles. The fourth-order valence-corrected chi connectivity index (χ4v) is 4.72. The summed E-state index contributed by atoms with van der Waals surface area (Å²) in [7, 11) is -3.54. The number of aliphatic hydroxyl groups is 1. The minimum atomic E-state index is -3.54. The minimum absolute atomic E-state index is 0.00854. The molecule has 7 heteroatoms. The van der Waals surface area contributed by atoms with E-state index in [-0.39, 0.29) is 18.5 Å². The third-order valence-electron chi connectivity index (χ3n) is 3.82. The van der Waals surface area contributed by atoms with Gasteiger partial charge in [-0.05, 0) is 37.5 Å². The van der Waals surface area contributed by atoms with Crippen LogP contribution in [0, 0.1) is 11.6 Å². The van der Waals surface area contributed by atoms with Crippen LogP contribution in [0.15, 0.2) is 18.2 Å². The van der Waals surface area contributed by atoms with Gasteiger partial charge in [-0.3, -0.25) is 0 Å². The molecule has 1 aromatic rings. The van der Waals surface area contributed by atoms with E-state index in [0.29, 0.717) is 12.8 Å². The van der Waals surface area contributed by atoms with Gasteiger partial charge in [-0.25, -0.2) is 17.2 Å². The summed E-state index contributed by atoms with van der Waals surface area (Å²) in [6.45, 7) is -0.0561. The molecule has 3 rings (SSSR count). The molecule has 0 radical (unpaired) electrons. The van der Waals surface area contributed by atoms with Crippen molar-refractivity contribution in [3.05, 3.63) is 35.4 Å². The Labute approximate surface area is 116 Å². The van der Waals surface area contributed by atoms with Crippen molar-refractivity contribution in [1.82, 2.24) is 4.31 Å². The average Bonchev–Trinajstić information content (AvgIpc) is 3.16. The van der Waals surface area contributed by atoms with Crippen LogP contribution < -0.4 is 0 Å². The highest BCUT2D eigenvalue weighted by molar-refractivity contribution is 7.90. The monoisotopic (exact) mass is 303 g/mol. The van der Waals surface area contributed by atoms with Gasteiger partial charge in [0.05, 0.1) is 17.4 Å². The summed E-state index contributed by atoms with van der Waals surface area (Å²) >= 11 is 0. The highest BCUT2D eigenvalue weighted by Crippen LogP contribution is 2.41. The Hall–Kier alpha value is -1.05. The maximum absolute atomic E-state index is 13.9. The fourth-order valence-electron chi connectivity index (χ4n) is 2.68. The van der Waals surface area contributed by atoms with E-state index in [1.54, 1.807) is 0 Å². The molecule has 1 aromatic carbocycles. The van der Waals surface area contributed by atoms with E-state index < -0.39 is 39.1 Å². The van der Waals surface area contributed by atoms with Crippen LogP contribution in [0.5, 0.6) is 0 Å². The van der Waals surface area contributed by atoms with E-state index >= 15 is 0 Å². The fraction of sp³-hybridized carbons (Fsp3) is 0.538. The first-order valence-corrected chi connectivity index (χ1v) is 8.03. The second-order valence-corrected chi connectivity index (χ2v) is 7.55. The van der Waals surface area contributed by atoms with Crippen molar-refractivity contribution in [2.45, 2.75) is 36.7 Å². The first-order valence-electron chi connectivity index (χ1n) is 6.53. The highest BCUT2D eigenvalue weighted by Gasteiger charge is 2.47. The van der Waals surface area contributed by atoms with Crippen LogP contribution in [0.1, 0.15) is 30.9 Å². The van der Waals surface area contributed by atoms with Gasteiger partial charge in [0, 0.05) is 12.1 Å². The van der Waals surface area contributed by atoms with E-state index in [2.05, 4.69) is 0 Å². The Morgan fingerprint density at radius 3 is 2.60 bits per heavy atom. The number of hydrogen-bond acceptors (Lipinski definition) is 3. The summed E-state index contributed by atoms with van der Waals surface area (Å²) in [5.41, 5.74) is -0.00854. The van der Waals surface area contributed by atoms with Crippen LogP contribution >= 0.6 is 0 Å². The Balaban J connectivity index is 2.00. The van der Waals surface area contributed by atoms with Gasteiger partial charge in [0.1, 0.15) is 11.6 Å². The molecule has 20 heavy (non-hydrogen) atoms. The van der Waals surface area contributed by atoms with Gasteiger partial charge < -0.3 is 5.11 Å². The third-order valence-corrected chi connectivity index (χ3v) is 6.19. The molecule has 2 fully saturated rings. The van der Waals surface area contributed by atoms with Crippen LogP contribution in [0.25, 0.3) is 0 Å². The lowest BCUT2D eigenvalue weighted by Gasteiger charge is -2.24. The van der Waals surface area contributed by atoms with Gasteiger partial charge in [-0.2, -0.15) is 4.31 Å². The average molecular weight is 303 g/mol. The standard InChI is InChI=1S/C13H15F2NO3S/c14-8-1-4-12(15)11(5-8)13-6-9(17)7-16(13)20(18,19)10-2-3-10/h1,4-5,9-10,13,17H,2-3,6-7H2.